The topological polar surface area (TPSA) is 86.8 Å². The maximum Gasteiger partial charge on any atom is 0.264 e. The van der Waals surface area contributed by atoms with Crippen LogP contribution in [0.5, 0.6) is 0 Å². The minimum absolute atomic E-state index is 0.0632. The van der Waals surface area contributed by atoms with Gasteiger partial charge < -0.3 is 10.2 Å². The van der Waals surface area contributed by atoms with Crippen molar-refractivity contribution in [3.05, 3.63) is 94.0 Å². The Morgan fingerprint density at radius 2 is 1.57 bits per heavy atom. The normalized spacial score (nSPS) is 12.2. The number of amides is 2. The number of nitrogens with one attached hydrogen (secondary N) is 1. The van der Waals surface area contributed by atoms with E-state index in [-0.39, 0.29) is 23.3 Å². The highest BCUT2D eigenvalue weighted by atomic mass is 35.5. The van der Waals surface area contributed by atoms with Gasteiger partial charge in [0.2, 0.25) is 11.8 Å². The number of halogens is 1. The first-order valence-corrected chi connectivity index (χ1v) is 15.1. The Balaban J connectivity index is 2.05. The molecule has 9 heteroatoms. The maximum absolute atomic E-state index is 14.0. The fourth-order valence-electron chi connectivity index (χ4n) is 4.29. The van der Waals surface area contributed by atoms with Crippen molar-refractivity contribution in [3.8, 4) is 0 Å². The van der Waals surface area contributed by atoms with Crippen molar-refractivity contribution >= 4 is 39.1 Å². The second kappa shape index (κ2) is 13.3. The van der Waals surface area contributed by atoms with Gasteiger partial charge in [0.25, 0.3) is 10.0 Å². The van der Waals surface area contributed by atoms with Gasteiger partial charge in [-0.25, -0.2) is 8.42 Å². The standard InChI is InChI=1S/C31H38ClN3O4S/c1-21(2)18-33-31(37)25(6)34(19-26-9-7-8-23(4)16-26)30(36)20-35(29-15-12-27(32)17-24(29)5)40(38,39)28-13-10-22(3)11-14-28/h7-17,21,25H,18-20H2,1-6H3,(H,33,37). The first-order valence-electron chi connectivity index (χ1n) is 13.3. The summed E-state index contributed by atoms with van der Waals surface area (Å²) in [6, 6.07) is 18.2. The van der Waals surface area contributed by atoms with E-state index in [2.05, 4.69) is 5.32 Å². The van der Waals surface area contributed by atoms with Gasteiger partial charge in [0, 0.05) is 18.1 Å². The Morgan fingerprint density at radius 1 is 0.900 bits per heavy atom. The number of anilines is 1. The lowest BCUT2D eigenvalue weighted by Gasteiger charge is -2.32. The largest absolute Gasteiger partial charge is 0.354 e. The van der Waals surface area contributed by atoms with E-state index in [0.29, 0.717) is 22.8 Å². The average molecular weight is 584 g/mol. The molecule has 214 valence electrons. The fraction of sp³-hybridized carbons (Fsp3) is 0.355. The van der Waals surface area contributed by atoms with Crippen LogP contribution in [0.25, 0.3) is 0 Å². The lowest BCUT2D eigenvalue weighted by molar-refractivity contribution is -0.139. The van der Waals surface area contributed by atoms with Gasteiger partial charge in [0.1, 0.15) is 12.6 Å². The summed E-state index contributed by atoms with van der Waals surface area (Å²) in [6.07, 6.45) is 0. The molecule has 1 atom stereocenters. The lowest BCUT2D eigenvalue weighted by atomic mass is 10.1. The summed E-state index contributed by atoms with van der Waals surface area (Å²) in [6.45, 7) is 11.3. The van der Waals surface area contributed by atoms with Crippen LogP contribution in [-0.2, 0) is 26.2 Å². The Labute approximate surface area is 243 Å². The number of benzene rings is 3. The maximum atomic E-state index is 14.0. The minimum Gasteiger partial charge on any atom is -0.354 e. The molecule has 0 bridgehead atoms. The summed E-state index contributed by atoms with van der Waals surface area (Å²) in [4.78, 5) is 28.6. The average Bonchev–Trinajstić information content (AvgIpc) is 2.89. The van der Waals surface area contributed by atoms with Crippen LogP contribution in [0.4, 0.5) is 5.69 Å². The Kier molecular flexibility index (Phi) is 10.4. The molecule has 0 radical (unpaired) electrons. The minimum atomic E-state index is -4.14. The second-order valence-electron chi connectivity index (χ2n) is 10.6. The molecule has 0 aliphatic carbocycles. The number of carbonyl (C=O) groups excluding carboxylic acids is 2. The highest BCUT2D eigenvalue weighted by Gasteiger charge is 2.33. The summed E-state index contributed by atoms with van der Waals surface area (Å²) in [7, 11) is -4.14. The molecule has 0 heterocycles. The fourth-order valence-corrected chi connectivity index (χ4v) is 6.00. The van der Waals surface area contributed by atoms with E-state index in [9.17, 15) is 18.0 Å². The van der Waals surface area contributed by atoms with E-state index in [1.807, 2.05) is 52.0 Å². The molecule has 0 fully saturated rings. The molecular formula is C31H38ClN3O4S. The number of nitrogens with zero attached hydrogens (tertiary/aromatic N) is 2. The van der Waals surface area contributed by atoms with Gasteiger partial charge in [-0.2, -0.15) is 0 Å². The van der Waals surface area contributed by atoms with E-state index in [4.69, 9.17) is 11.6 Å². The van der Waals surface area contributed by atoms with Crippen molar-refractivity contribution in [1.82, 2.24) is 10.2 Å². The van der Waals surface area contributed by atoms with Crippen LogP contribution in [0.15, 0.2) is 71.6 Å². The first kappa shape index (κ1) is 31.2. The number of sulfonamides is 1. The van der Waals surface area contributed by atoms with Crippen molar-refractivity contribution in [2.24, 2.45) is 5.92 Å². The van der Waals surface area contributed by atoms with Crippen molar-refractivity contribution < 1.29 is 18.0 Å². The van der Waals surface area contributed by atoms with Crippen LogP contribution in [0, 0.1) is 26.7 Å². The van der Waals surface area contributed by atoms with Gasteiger partial charge >= 0.3 is 0 Å². The molecule has 3 aromatic rings. The number of rotatable bonds is 11. The highest BCUT2D eigenvalue weighted by molar-refractivity contribution is 7.92. The molecule has 0 saturated carbocycles. The van der Waals surface area contributed by atoms with Crippen LogP contribution in [0.1, 0.15) is 43.0 Å². The molecular weight excluding hydrogens is 546 g/mol. The van der Waals surface area contributed by atoms with E-state index in [1.54, 1.807) is 44.2 Å². The van der Waals surface area contributed by atoms with Crippen LogP contribution < -0.4 is 9.62 Å². The number of hydrogen-bond acceptors (Lipinski definition) is 4. The zero-order valence-electron chi connectivity index (χ0n) is 23.9. The Morgan fingerprint density at radius 3 is 2.17 bits per heavy atom. The number of carbonyl (C=O) groups is 2. The summed E-state index contributed by atoms with van der Waals surface area (Å²) in [5.41, 5.74) is 3.71. The SMILES string of the molecule is Cc1ccc(S(=O)(=O)N(CC(=O)N(Cc2cccc(C)c2)C(C)C(=O)NCC(C)C)c2ccc(Cl)cc2C)cc1. The van der Waals surface area contributed by atoms with Gasteiger partial charge in [0.05, 0.1) is 10.6 Å². The zero-order chi connectivity index (χ0) is 29.6. The molecule has 3 aromatic carbocycles. The second-order valence-corrected chi connectivity index (χ2v) is 12.9. The summed E-state index contributed by atoms with van der Waals surface area (Å²) < 4.78 is 29.0. The van der Waals surface area contributed by atoms with Crippen LogP contribution in [0.3, 0.4) is 0 Å². The van der Waals surface area contributed by atoms with E-state index in [1.165, 1.54) is 17.0 Å². The predicted molar refractivity (Wildman–Crippen MR) is 161 cm³/mol. The van der Waals surface area contributed by atoms with Crippen molar-refractivity contribution in [2.75, 3.05) is 17.4 Å². The van der Waals surface area contributed by atoms with E-state index in [0.717, 1.165) is 21.0 Å². The first-order chi connectivity index (χ1) is 18.8. The molecule has 0 aliphatic rings. The predicted octanol–water partition coefficient (Wildman–Crippen LogP) is 5.65. The third-order valence-corrected chi connectivity index (χ3v) is 8.61. The molecule has 3 rings (SSSR count). The van der Waals surface area contributed by atoms with Crippen LogP contribution >= 0.6 is 11.6 Å². The van der Waals surface area contributed by atoms with Crippen LogP contribution in [-0.4, -0.2) is 44.3 Å². The summed E-state index contributed by atoms with van der Waals surface area (Å²) in [5.74, 6) is -0.566. The zero-order valence-corrected chi connectivity index (χ0v) is 25.5. The summed E-state index contributed by atoms with van der Waals surface area (Å²) >= 11 is 6.17. The third-order valence-electron chi connectivity index (χ3n) is 6.60. The smallest absolute Gasteiger partial charge is 0.264 e. The lowest BCUT2D eigenvalue weighted by Crippen LogP contribution is -2.51. The molecule has 7 nitrogen and oxygen atoms in total. The summed E-state index contributed by atoms with van der Waals surface area (Å²) in [5, 5.41) is 3.35. The molecule has 0 saturated heterocycles. The van der Waals surface area contributed by atoms with Crippen molar-refractivity contribution in [2.45, 2.75) is 59.0 Å². The molecule has 1 unspecified atom stereocenters. The third kappa shape index (κ3) is 7.86. The Hall–Kier alpha value is -3.36. The molecule has 0 aromatic heterocycles. The van der Waals surface area contributed by atoms with Gasteiger partial charge in [0.15, 0.2) is 0 Å². The molecule has 2 amide bonds. The number of hydrogen-bond donors (Lipinski definition) is 1. The molecule has 1 N–H and O–H groups in total. The molecule has 0 aliphatic heterocycles. The highest BCUT2D eigenvalue weighted by Crippen LogP contribution is 2.29. The van der Waals surface area contributed by atoms with Crippen molar-refractivity contribution in [3.63, 3.8) is 0 Å². The monoisotopic (exact) mass is 583 g/mol. The van der Waals surface area contributed by atoms with Crippen LogP contribution in [0.2, 0.25) is 5.02 Å². The van der Waals surface area contributed by atoms with Gasteiger partial charge in [-0.05, 0) is 75.1 Å². The van der Waals surface area contributed by atoms with E-state index >= 15 is 0 Å². The Bertz CT molecular complexity index is 1460. The van der Waals surface area contributed by atoms with Crippen molar-refractivity contribution in [1.29, 1.82) is 0 Å². The number of aryl methyl sites for hydroxylation is 3. The quantitative estimate of drug-likeness (QED) is 0.316. The van der Waals surface area contributed by atoms with Gasteiger partial charge in [-0.1, -0.05) is 73.0 Å². The van der Waals surface area contributed by atoms with Gasteiger partial charge in [-0.15, -0.1) is 0 Å². The van der Waals surface area contributed by atoms with E-state index < -0.39 is 28.5 Å². The van der Waals surface area contributed by atoms with Gasteiger partial charge in [-0.3, -0.25) is 13.9 Å². The molecule has 0 spiro atoms. The molecule has 40 heavy (non-hydrogen) atoms.